The number of likely N-dealkylation sites (tertiary alicyclic amines) is 1. The second kappa shape index (κ2) is 1.99. The molecule has 2 atom stereocenters. The van der Waals surface area contributed by atoms with Crippen LogP contribution in [0.3, 0.4) is 0 Å². The summed E-state index contributed by atoms with van der Waals surface area (Å²) in [7, 11) is 0. The molecule has 0 aromatic heterocycles. The van der Waals surface area contributed by atoms with E-state index in [-0.39, 0.29) is 23.4 Å². The Morgan fingerprint density at radius 3 is 2.77 bits per heavy atom. The second-order valence-corrected chi connectivity index (χ2v) is 3.65. The molecule has 1 heterocycles. The Bertz CT molecular complexity index is 380. The normalized spacial score (nSPS) is 35.7. The Kier molecular flexibility index (Phi) is 1.23. The molecule has 1 saturated heterocycles. The zero-order valence-corrected chi connectivity index (χ0v) is 7.07. The first kappa shape index (κ1) is 7.99. The molecule has 0 aromatic rings. The van der Waals surface area contributed by atoms with Crippen LogP contribution < -0.4 is 0 Å². The van der Waals surface area contributed by atoms with Crippen LogP contribution in [0.1, 0.15) is 13.3 Å². The van der Waals surface area contributed by atoms with Crippen molar-refractivity contribution in [2.75, 3.05) is 0 Å². The van der Waals surface area contributed by atoms with Crippen LogP contribution in [0.2, 0.25) is 0 Å². The van der Waals surface area contributed by atoms with Gasteiger partial charge in [-0.15, -0.1) is 0 Å². The lowest BCUT2D eigenvalue weighted by Crippen LogP contribution is -2.33. The molecule has 1 radical (unpaired) electrons. The minimum absolute atomic E-state index is 0.244. The number of piperidine rings is 1. The first-order valence-corrected chi connectivity index (χ1v) is 3.93. The number of amides is 2. The molecule has 0 aromatic carbocycles. The molecular weight excluding hydrogens is 168 g/mol. The summed E-state index contributed by atoms with van der Waals surface area (Å²) < 4.78 is 0. The van der Waals surface area contributed by atoms with Crippen molar-refractivity contribution in [1.29, 1.82) is 5.26 Å². The molecule has 2 unspecified atom stereocenters. The van der Waals surface area contributed by atoms with Crippen LogP contribution in [0.5, 0.6) is 0 Å². The largest absolute Gasteiger partial charge is 0.274 e. The molecule has 1 aliphatic heterocycles. The van der Waals surface area contributed by atoms with Crippen molar-refractivity contribution in [2.24, 2.45) is 11.3 Å². The van der Waals surface area contributed by atoms with Gasteiger partial charge in [-0.1, -0.05) is 0 Å². The van der Waals surface area contributed by atoms with Crippen molar-refractivity contribution in [1.82, 2.24) is 4.90 Å². The predicted molar refractivity (Wildman–Crippen MR) is 41.5 cm³/mol. The third kappa shape index (κ3) is 0.738. The summed E-state index contributed by atoms with van der Waals surface area (Å²) in [5, 5.41) is 8.46. The quantitative estimate of drug-likeness (QED) is 0.423. The van der Waals surface area contributed by atoms with Crippen LogP contribution in [0.15, 0.2) is 5.70 Å². The van der Waals surface area contributed by atoms with Gasteiger partial charge in [0.05, 0.1) is 11.3 Å². The summed E-state index contributed by atoms with van der Waals surface area (Å²) in [6.45, 7) is 6.97. The molecular formula is C9H7N2O2. The molecule has 2 rings (SSSR count). The predicted octanol–water partition coefficient (Wildman–Crippen LogP) is 0.222. The average molecular weight is 175 g/mol. The van der Waals surface area contributed by atoms with Gasteiger partial charge in [0.2, 0.25) is 11.8 Å². The number of fused-ring (bicyclic) bond motifs is 1. The molecule has 1 saturated carbocycles. The van der Waals surface area contributed by atoms with Gasteiger partial charge in [0.25, 0.3) is 0 Å². The maximum atomic E-state index is 11.5. The van der Waals surface area contributed by atoms with Gasteiger partial charge in [-0.3, -0.25) is 9.59 Å². The number of nitrogens with zero attached hydrogens (tertiary/aromatic N) is 2. The van der Waals surface area contributed by atoms with E-state index in [1.165, 1.54) is 0 Å². The van der Waals surface area contributed by atoms with Gasteiger partial charge in [-0.2, -0.15) is 5.26 Å². The molecule has 2 aliphatic rings. The number of hydrogen-bond acceptors (Lipinski definition) is 3. The first-order valence-electron chi connectivity index (χ1n) is 3.93. The van der Waals surface area contributed by atoms with Crippen molar-refractivity contribution < 1.29 is 9.59 Å². The monoisotopic (exact) mass is 175 g/mol. The molecule has 13 heavy (non-hydrogen) atoms. The highest BCUT2D eigenvalue weighted by molar-refractivity contribution is 6.12. The van der Waals surface area contributed by atoms with Crippen LogP contribution in [-0.2, 0) is 9.59 Å². The Morgan fingerprint density at radius 1 is 1.77 bits per heavy atom. The SMILES string of the molecule is [CH]=C(C#N)N1C(=O)C2CC2(C)C1=O. The molecule has 65 valence electrons. The highest BCUT2D eigenvalue weighted by atomic mass is 16.2. The number of carbonyl (C=O) groups is 2. The zero-order chi connectivity index (χ0) is 9.80. The maximum absolute atomic E-state index is 11.5. The van der Waals surface area contributed by atoms with Crippen molar-refractivity contribution in [2.45, 2.75) is 13.3 Å². The van der Waals surface area contributed by atoms with E-state index in [2.05, 4.69) is 0 Å². The molecule has 2 amide bonds. The number of carbonyl (C=O) groups excluding carboxylic acids is 2. The summed E-state index contributed by atoms with van der Waals surface area (Å²) in [6, 6.07) is 1.60. The van der Waals surface area contributed by atoms with E-state index in [0.717, 1.165) is 4.90 Å². The third-order valence-corrected chi connectivity index (χ3v) is 2.80. The van der Waals surface area contributed by atoms with Gasteiger partial charge in [0.1, 0.15) is 11.8 Å². The maximum Gasteiger partial charge on any atom is 0.241 e. The van der Waals surface area contributed by atoms with Gasteiger partial charge >= 0.3 is 0 Å². The fourth-order valence-corrected chi connectivity index (χ4v) is 1.75. The standard InChI is InChI=1S/C9H7N2O2/c1-5(4-10)11-7(12)6-3-9(6,2)8(11)13/h1,6H,3H2,2H3. The lowest BCUT2D eigenvalue weighted by molar-refractivity contribution is -0.139. The minimum atomic E-state index is -0.571. The van der Waals surface area contributed by atoms with E-state index in [1.807, 2.05) is 0 Å². The van der Waals surface area contributed by atoms with Crippen molar-refractivity contribution in [3.05, 3.63) is 12.3 Å². The Hall–Kier alpha value is -1.63. The zero-order valence-electron chi connectivity index (χ0n) is 7.07. The van der Waals surface area contributed by atoms with Crippen LogP contribution in [0.25, 0.3) is 0 Å². The summed E-state index contributed by atoms with van der Waals surface area (Å²) in [5.41, 5.74) is -0.887. The summed E-state index contributed by atoms with van der Waals surface area (Å²) in [4.78, 5) is 23.7. The molecule has 0 spiro atoms. The topological polar surface area (TPSA) is 61.2 Å². The van der Waals surface area contributed by atoms with Crippen LogP contribution in [-0.4, -0.2) is 16.7 Å². The lowest BCUT2D eigenvalue weighted by Gasteiger charge is -2.14. The summed E-state index contributed by atoms with van der Waals surface area (Å²) in [6.07, 6.45) is 0.597. The molecule has 0 N–H and O–H groups in total. The second-order valence-electron chi connectivity index (χ2n) is 3.65. The van der Waals surface area contributed by atoms with E-state index in [0.29, 0.717) is 6.42 Å². The van der Waals surface area contributed by atoms with Gasteiger partial charge < -0.3 is 0 Å². The lowest BCUT2D eigenvalue weighted by atomic mass is 10.1. The van der Waals surface area contributed by atoms with Gasteiger partial charge in [-0.05, 0) is 19.9 Å². The number of rotatable bonds is 1. The number of allylic oxidation sites excluding steroid dienone is 1. The Labute approximate surface area is 75.4 Å². The number of imide groups is 1. The van der Waals surface area contributed by atoms with Crippen molar-refractivity contribution in [3.63, 3.8) is 0 Å². The fourth-order valence-electron chi connectivity index (χ4n) is 1.75. The van der Waals surface area contributed by atoms with Gasteiger partial charge in [-0.25, -0.2) is 4.90 Å². The van der Waals surface area contributed by atoms with E-state index < -0.39 is 5.41 Å². The highest BCUT2D eigenvalue weighted by Crippen LogP contribution is 2.59. The number of nitriles is 1. The number of hydrogen-bond donors (Lipinski definition) is 0. The Morgan fingerprint density at radius 2 is 2.38 bits per heavy atom. The fraction of sp³-hybridized carbons (Fsp3) is 0.444. The van der Waals surface area contributed by atoms with E-state index in [4.69, 9.17) is 11.8 Å². The van der Waals surface area contributed by atoms with Gasteiger partial charge in [0.15, 0.2) is 0 Å². The molecule has 0 bridgehead atoms. The van der Waals surface area contributed by atoms with Crippen molar-refractivity contribution >= 4 is 11.8 Å². The van der Waals surface area contributed by atoms with Gasteiger partial charge in [0, 0.05) is 0 Å². The van der Waals surface area contributed by atoms with E-state index in [9.17, 15) is 9.59 Å². The molecule has 2 fully saturated rings. The Balaban J connectivity index is 2.36. The molecule has 1 aliphatic carbocycles. The molecule has 4 nitrogen and oxygen atoms in total. The molecule has 4 heteroatoms. The highest BCUT2D eigenvalue weighted by Gasteiger charge is 2.69. The van der Waals surface area contributed by atoms with E-state index >= 15 is 0 Å². The van der Waals surface area contributed by atoms with E-state index in [1.54, 1.807) is 13.0 Å². The smallest absolute Gasteiger partial charge is 0.241 e. The summed E-state index contributed by atoms with van der Waals surface area (Å²) >= 11 is 0. The third-order valence-electron chi connectivity index (χ3n) is 2.80. The first-order chi connectivity index (χ1) is 6.02. The minimum Gasteiger partial charge on any atom is -0.274 e. The summed E-state index contributed by atoms with van der Waals surface area (Å²) in [5.74, 6) is -0.903. The van der Waals surface area contributed by atoms with Crippen molar-refractivity contribution in [3.8, 4) is 6.07 Å². The van der Waals surface area contributed by atoms with Crippen LogP contribution >= 0.6 is 0 Å². The van der Waals surface area contributed by atoms with Crippen LogP contribution in [0, 0.1) is 29.2 Å². The van der Waals surface area contributed by atoms with Crippen LogP contribution in [0.4, 0.5) is 0 Å². The average Bonchev–Trinajstić information content (AvgIpc) is 2.74.